The van der Waals surface area contributed by atoms with Crippen molar-refractivity contribution in [3.63, 3.8) is 0 Å². The Kier molecular flexibility index (Phi) is 2.65. The van der Waals surface area contributed by atoms with E-state index in [0.29, 0.717) is 0 Å². The highest BCUT2D eigenvalue weighted by Crippen LogP contribution is 2.24. The van der Waals surface area contributed by atoms with Crippen LogP contribution in [0.15, 0.2) is 0 Å². The number of benzene rings is 1. The molecule has 1 aromatic rings. The summed E-state index contributed by atoms with van der Waals surface area (Å²) in [6, 6.07) is 4.28. The van der Waals surface area contributed by atoms with Crippen LogP contribution in [0.25, 0.3) is 0 Å². The minimum absolute atomic E-state index is 0.0889. The maximum atomic E-state index is 13.3. The second-order valence-electron chi connectivity index (χ2n) is 2.71. The van der Waals surface area contributed by atoms with E-state index in [1.807, 2.05) is 0 Å². The minimum atomic E-state index is -1.21. The van der Waals surface area contributed by atoms with E-state index in [2.05, 4.69) is 0 Å². The van der Waals surface area contributed by atoms with Crippen LogP contribution < -0.4 is 0 Å². The van der Waals surface area contributed by atoms with Crippen LogP contribution in [0.1, 0.15) is 22.3 Å². The predicted molar refractivity (Wildman–Crippen MR) is 45.2 cm³/mol. The van der Waals surface area contributed by atoms with Gasteiger partial charge >= 0.3 is 0 Å². The van der Waals surface area contributed by atoms with Crippen LogP contribution in [-0.4, -0.2) is 0 Å². The topological polar surface area (TPSA) is 71.4 Å². The fraction of sp³-hybridized carbons (Fsp3) is 0.100. The zero-order valence-electron chi connectivity index (χ0n) is 7.60. The molecule has 0 bridgehead atoms. The zero-order valence-corrected chi connectivity index (χ0v) is 7.60. The molecule has 0 atom stereocenters. The van der Waals surface area contributed by atoms with Crippen LogP contribution in [0.4, 0.5) is 8.78 Å². The van der Waals surface area contributed by atoms with E-state index in [4.69, 9.17) is 15.8 Å². The lowest BCUT2D eigenvalue weighted by Gasteiger charge is -2.05. The molecule has 0 saturated heterocycles. The number of halogens is 2. The Hall–Kier alpha value is -2.45. The van der Waals surface area contributed by atoms with Crippen molar-refractivity contribution in [2.24, 2.45) is 0 Å². The molecule has 1 rings (SSSR count). The van der Waals surface area contributed by atoms with Crippen molar-refractivity contribution in [1.82, 2.24) is 0 Å². The van der Waals surface area contributed by atoms with E-state index >= 15 is 0 Å². The second-order valence-corrected chi connectivity index (χ2v) is 2.71. The van der Waals surface area contributed by atoms with Gasteiger partial charge in [0.1, 0.15) is 23.8 Å². The number of nitriles is 3. The smallest absolute Gasteiger partial charge is 0.162 e. The van der Waals surface area contributed by atoms with Crippen LogP contribution in [0.2, 0.25) is 0 Å². The number of hydrogen-bond donors (Lipinski definition) is 0. The molecule has 5 heteroatoms. The lowest BCUT2D eigenvalue weighted by atomic mass is 9.99. The standard InChI is InChI=1S/C10H3F2N3/c1-5-6(2-13)9(11)8(4-15)10(12)7(5)3-14/h1H3. The van der Waals surface area contributed by atoms with E-state index < -0.39 is 28.3 Å². The van der Waals surface area contributed by atoms with Crippen molar-refractivity contribution in [2.45, 2.75) is 6.92 Å². The van der Waals surface area contributed by atoms with Crippen molar-refractivity contribution >= 4 is 0 Å². The van der Waals surface area contributed by atoms with E-state index in [0.717, 1.165) is 0 Å². The van der Waals surface area contributed by atoms with E-state index in [9.17, 15) is 8.78 Å². The molecule has 15 heavy (non-hydrogen) atoms. The summed E-state index contributed by atoms with van der Waals surface area (Å²) in [5.74, 6) is -2.43. The molecule has 0 aliphatic carbocycles. The van der Waals surface area contributed by atoms with Gasteiger partial charge in [0.2, 0.25) is 0 Å². The molecule has 3 nitrogen and oxygen atoms in total. The maximum Gasteiger partial charge on any atom is 0.162 e. The van der Waals surface area contributed by atoms with Gasteiger partial charge in [0.05, 0.1) is 11.1 Å². The monoisotopic (exact) mass is 203 g/mol. The van der Waals surface area contributed by atoms with Crippen LogP contribution in [0, 0.1) is 52.6 Å². The molecular weight excluding hydrogens is 200 g/mol. The summed E-state index contributed by atoms with van der Waals surface area (Å²) in [6.45, 7) is 1.25. The number of nitrogens with zero attached hydrogens (tertiary/aromatic N) is 3. The Balaban J connectivity index is 3.88. The third-order valence-electron chi connectivity index (χ3n) is 1.96. The Labute approximate surface area is 84.4 Å². The molecule has 72 valence electrons. The summed E-state index contributed by atoms with van der Waals surface area (Å²) in [5.41, 5.74) is -1.92. The summed E-state index contributed by atoms with van der Waals surface area (Å²) in [6.07, 6.45) is 0. The summed E-state index contributed by atoms with van der Waals surface area (Å²) in [7, 11) is 0. The highest BCUT2D eigenvalue weighted by molar-refractivity contribution is 5.55. The van der Waals surface area contributed by atoms with E-state index in [1.165, 1.54) is 25.1 Å². The van der Waals surface area contributed by atoms with Gasteiger partial charge in [0.25, 0.3) is 0 Å². The molecule has 0 aliphatic rings. The molecule has 0 amide bonds. The normalized spacial score (nSPS) is 8.80. The average molecular weight is 203 g/mol. The van der Waals surface area contributed by atoms with Gasteiger partial charge in [-0.3, -0.25) is 0 Å². The van der Waals surface area contributed by atoms with Crippen LogP contribution in [0.5, 0.6) is 0 Å². The lowest BCUT2D eigenvalue weighted by Crippen LogP contribution is -2.02. The van der Waals surface area contributed by atoms with Gasteiger partial charge < -0.3 is 0 Å². The fourth-order valence-corrected chi connectivity index (χ4v) is 1.16. The van der Waals surface area contributed by atoms with E-state index in [1.54, 1.807) is 0 Å². The first kappa shape index (κ1) is 10.6. The van der Waals surface area contributed by atoms with Gasteiger partial charge in [-0.15, -0.1) is 0 Å². The van der Waals surface area contributed by atoms with Gasteiger partial charge in [0.15, 0.2) is 11.6 Å². The minimum Gasteiger partial charge on any atom is -0.204 e. The molecule has 0 unspecified atom stereocenters. The first-order chi connectivity index (χ1) is 7.08. The molecule has 0 heterocycles. The maximum absolute atomic E-state index is 13.3. The van der Waals surface area contributed by atoms with Crippen molar-refractivity contribution in [3.05, 3.63) is 33.9 Å². The second kappa shape index (κ2) is 3.74. The molecular formula is C10H3F2N3. The zero-order chi connectivity index (χ0) is 11.6. The highest BCUT2D eigenvalue weighted by atomic mass is 19.1. The van der Waals surface area contributed by atoms with Crippen molar-refractivity contribution in [2.75, 3.05) is 0 Å². The molecule has 0 N–H and O–H groups in total. The molecule has 0 fully saturated rings. The first-order valence-corrected chi connectivity index (χ1v) is 3.80. The summed E-state index contributed by atoms with van der Waals surface area (Å²) < 4.78 is 26.6. The third-order valence-corrected chi connectivity index (χ3v) is 1.96. The summed E-state index contributed by atoms with van der Waals surface area (Å²) >= 11 is 0. The van der Waals surface area contributed by atoms with Gasteiger partial charge in [-0.1, -0.05) is 0 Å². The Bertz CT molecular complexity index is 454. The predicted octanol–water partition coefficient (Wildman–Crippen LogP) is 1.89. The Morgan fingerprint density at radius 1 is 0.800 bits per heavy atom. The summed E-state index contributed by atoms with van der Waals surface area (Å²) in [5, 5.41) is 25.7. The molecule has 0 aromatic heterocycles. The SMILES string of the molecule is Cc1c(C#N)c(F)c(C#N)c(F)c1C#N. The first-order valence-electron chi connectivity index (χ1n) is 3.80. The Morgan fingerprint density at radius 3 is 1.40 bits per heavy atom. The van der Waals surface area contributed by atoms with Crippen molar-refractivity contribution in [1.29, 1.82) is 15.8 Å². The van der Waals surface area contributed by atoms with Gasteiger partial charge in [-0.2, -0.15) is 15.8 Å². The van der Waals surface area contributed by atoms with Gasteiger partial charge in [0, 0.05) is 0 Å². The van der Waals surface area contributed by atoms with Crippen molar-refractivity contribution in [3.8, 4) is 18.2 Å². The lowest BCUT2D eigenvalue weighted by molar-refractivity contribution is 0.570. The number of hydrogen-bond acceptors (Lipinski definition) is 3. The average Bonchev–Trinajstić information content (AvgIpc) is 2.19. The van der Waals surface area contributed by atoms with Crippen LogP contribution >= 0.6 is 0 Å². The van der Waals surface area contributed by atoms with Crippen LogP contribution in [0.3, 0.4) is 0 Å². The molecule has 1 aromatic carbocycles. The molecule has 0 spiro atoms. The quantitative estimate of drug-likeness (QED) is 0.646. The van der Waals surface area contributed by atoms with E-state index in [-0.39, 0.29) is 5.56 Å². The number of rotatable bonds is 0. The van der Waals surface area contributed by atoms with Crippen molar-refractivity contribution < 1.29 is 8.78 Å². The Morgan fingerprint density at radius 2 is 1.13 bits per heavy atom. The largest absolute Gasteiger partial charge is 0.204 e. The fourth-order valence-electron chi connectivity index (χ4n) is 1.16. The molecule has 0 radical (unpaired) electrons. The molecule has 0 aliphatic heterocycles. The highest BCUT2D eigenvalue weighted by Gasteiger charge is 2.22. The van der Waals surface area contributed by atoms with Gasteiger partial charge in [-0.05, 0) is 12.5 Å². The van der Waals surface area contributed by atoms with Crippen LogP contribution in [-0.2, 0) is 0 Å². The molecule has 0 saturated carbocycles. The summed E-state index contributed by atoms with van der Waals surface area (Å²) in [4.78, 5) is 0. The third kappa shape index (κ3) is 1.39. The van der Waals surface area contributed by atoms with Gasteiger partial charge in [-0.25, -0.2) is 8.78 Å².